The second kappa shape index (κ2) is 8.71. The molecule has 0 fully saturated rings. The van der Waals surface area contributed by atoms with Gasteiger partial charge in [-0.1, -0.05) is 70.5 Å². The summed E-state index contributed by atoms with van der Waals surface area (Å²) >= 11 is 3.40. The average Bonchev–Trinajstić information content (AvgIpc) is 2.95. The molecule has 0 unspecified atom stereocenters. The first-order valence-electron chi connectivity index (χ1n) is 8.73. The molecule has 0 spiro atoms. The first-order chi connectivity index (χ1) is 13.1. The van der Waals surface area contributed by atoms with Gasteiger partial charge in [-0.3, -0.25) is 10.5 Å². The third-order valence-corrected chi connectivity index (χ3v) is 5.20. The summed E-state index contributed by atoms with van der Waals surface area (Å²) in [6.45, 7) is 0.864. The van der Waals surface area contributed by atoms with Gasteiger partial charge in [0.2, 0.25) is 0 Å². The molecule has 142 valence electrons. The molecule has 1 aromatic heterocycles. The normalized spacial score (nSPS) is 10.6. The van der Waals surface area contributed by atoms with Crippen molar-refractivity contribution in [2.75, 3.05) is 5.73 Å². The van der Waals surface area contributed by atoms with Crippen molar-refractivity contribution in [3.63, 3.8) is 0 Å². The van der Waals surface area contributed by atoms with Crippen molar-refractivity contribution in [1.29, 1.82) is 0 Å². The minimum atomic E-state index is 0. The molecule has 0 bridgehead atoms. The fourth-order valence-corrected chi connectivity index (χ4v) is 3.55. The van der Waals surface area contributed by atoms with Gasteiger partial charge in [0.15, 0.2) is 5.78 Å². The van der Waals surface area contributed by atoms with Crippen LogP contribution in [0, 0.1) is 0 Å². The molecular weight excluding hydrogens is 482 g/mol. The SMILES string of the molecule is Nc1n(CC(=O)c2ccc(Br)cc2)c2ccccc2[n+]1Cc1ccccc1.[Br-]. The minimum Gasteiger partial charge on any atom is -1.00 e. The Morgan fingerprint density at radius 1 is 0.929 bits per heavy atom. The summed E-state index contributed by atoms with van der Waals surface area (Å²) in [6, 6.07) is 25.6. The molecular formula is C22H19Br2N3O. The van der Waals surface area contributed by atoms with Crippen LogP contribution in [-0.4, -0.2) is 10.4 Å². The molecule has 1 heterocycles. The van der Waals surface area contributed by atoms with Gasteiger partial charge >= 0.3 is 5.95 Å². The smallest absolute Gasteiger partial charge is 0.356 e. The van der Waals surface area contributed by atoms with Gasteiger partial charge in [-0.15, -0.1) is 0 Å². The number of hydrogen-bond donors (Lipinski definition) is 1. The number of halogens is 2. The highest BCUT2D eigenvalue weighted by Crippen LogP contribution is 2.19. The maximum absolute atomic E-state index is 12.8. The predicted octanol–water partition coefficient (Wildman–Crippen LogP) is 1.21. The molecule has 0 aliphatic heterocycles. The van der Waals surface area contributed by atoms with E-state index in [1.165, 1.54) is 0 Å². The van der Waals surface area contributed by atoms with Crippen LogP contribution in [0.3, 0.4) is 0 Å². The average molecular weight is 501 g/mol. The summed E-state index contributed by atoms with van der Waals surface area (Å²) in [5, 5.41) is 0. The number of fused-ring (bicyclic) bond motifs is 1. The molecule has 0 aliphatic rings. The Labute approximate surface area is 182 Å². The van der Waals surface area contributed by atoms with E-state index in [0.29, 0.717) is 18.1 Å². The van der Waals surface area contributed by atoms with Crippen LogP contribution in [0.4, 0.5) is 5.95 Å². The van der Waals surface area contributed by atoms with Crippen molar-refractivity contribution in [3.05, 3.63) is 94.5 Å². The summed E-state index contributed by atoms with van der Waals surface area (Å²) in [5.41, 5.74) is 10.3. The molecule has 28 heavy (non-hydrogen) atoms. The summed E-state index contributed by atoms with van der Waals surface area (Å²) in [4.78, 5) is 12.8. The number of nitrogens with zero attached hydrogens (tertiary/aromatic N) is 2. The Kier molecular flexibility index (Phi) is 6.31. The molecule has 6 heteroatoms. The third kappa shape index (κ3) is 4.03. The highest BCUT2D eigenvalue weighted by atomic mass is 79.9. The summed E-state index contributed by atoms with van der Waals surface area (Å²) in [7, 11) is 0. The molecule has 3 aromatic carbocycles. The largest absolute Gasteiger partial charge is 1.00 e. The van der Waals surface area contributed by atoms with Crippen molar-refractivity contribution in [1.82, 2.24) is 4.57 Å². The van der Waals surface area contributed by atoms with E-state index in [2.05, 4.69) is 32.6 Å². The Hall–Kier alpha value is -2.44. The highest BCUT2D eigenvalue weighted by molar-refractivity contribution is 9.10. The number of anilines is 1. The fraction of sp³-hybridized carbons (Fsp3) is 0.0909. The standard InChI is InChI=1S/C22H18BrN3O.BrH/c23-18-12-10-17(11-13-18)21(27)15-26-20-9-5-4-8-19(20)25(22(26)24)14-16-6-2-1-3-7-16;/h1-13,24H,14-15H2;1H. The molecule has 4 nitrogen and oxygen atoms in total. The number of benzene rings is 3. The first kappa shape index (κ1) is 20.3. The number of nitrogen functional groups attached to an aromatic ring is 1. The van der Waals surface area contributed by atoms with E-state index < -0.39 is 0 Å². The number of para-hydroxylation sites is 2. The maximum atomic E-state index is 12.8. The van der Waals surface area contributed by atoms with Crippen molar-refractivity contribution >= 4 is 38.7 Å². The number of imidazole rings is 1. The van der Waals surface area contributed by atoms with Crippen LogP contribution in [0.1, 0.15) is 15.9 Å². The number of nitrogens with two attached hydrogens (primary N) is 1. The number of carbonyl (C=O) groups excluding carboxylic acids is 1. The van der Waals surface area contributed by atoms with E-state index in [4.69, 9.17) is 5.73 Å². The maximum Gasteiger partial charge on any atom is 0.356 e. The fourth-order valence-electron chi connectivity index (χ4n) is 3.28. The van der Waals surface area contributed by atoms with Crippen LogP contribution in [0.5, 0.6) is 0 Å². The minimum absolute atomic E-state index is 0. The number of ketones is 1. The quantitative estimate of drug-likeness (QED) is 0.331. The van der Waals surface area contributed by atoms with E-state index in [-0.39, 0.29) is 29.3 Å². The zero-order chi connectivity index (χ0) is 18.8. The van der Waals surface area contributed by atoms with Gasteiger partial charge in [0.05, 0.1) is 6.54 Å². The van der Waals surface area contributed by atoms with E-state index >= 15 is 0 Å². The monoisotopic (exact) mass is 499 g/mol. The molecule has 0 radical (unpaired) electrons. The van der Waals surface area contributed by atoms with Gasteiger partial charge in [-0.25, -0.2) is 9.13 Å². The van der Waals surface area contributed by atoms with Gasteiger partial charge in [0, 0.05) is 10.0 Å². The van der Waals surface area contributed by atoms with Crippen molar-refractivity contribution in [2.45, 2.75) is 13.1 Å². The van der Waals surface area contributed by atoms with Gasteiger partial charge in [-0.2, -0.15) is 0 Å². The molecule has 2 N–H and O–H groups in total. The number of hydrogen-bond acceptors (Lipinski definition) is 2. The zero-order valence-corrected chi connectivity index (χ0v) is 18.2. The Morgan fingerprint density at radius 2 is 1.57 bits per heavy atom. The number of carbonyl (C=O) groups is 1. The molecule has 0 saturated heterocycles. The van der Waals surface area contributed by atoms with E-state index in [1.807, 2.05) is 71.3 Å². The van der Waals surface area contributed by atoms with E-state index in [1.54, 1.807) is 0 Å². The van der Waals surface area contributed by atoms with Gasteiger partial charge < -0.3 is 17.0 Å². The lowest BCUT2D eigenvalue weighted by molar-refractivity contribution is -0.648. The predicted molar refractivity (Wildman–Crippen MR) is 111 cm³/mol. The van der Waals surface area contributed by atoms with Gasteiger partial charge in [-0.05, 0) is 29.8 Å². The van der Waals surface area contributed by atoms with Crippen LogP contribution >= 0.6 is 15.9 Å². The highest BCUT2D eigenvalue weighted by Gasteiger charge is 2.23. The zero-order valence-electron chi connectivity index (χ0n) is 15.1. The summed E-state index contributed by atoms with van der Waals surface area (Å²) in [6.07, 6.45) is 0. The van der Waals surface area contributed by atoms with E-state index in [9.17, 15) is 4.79 Å². The van der Waals surface area contributed by atoms with Gasteiger partial charge in [0.1, 0.15) is 17.6 Å². The second-order valence-corrected chi connectivity index (χ2v) is 7.35. The molecule has 0 saturated carbocycles. The molecule has 0 amide bonds. The Balaban J connectivity index is 0.00000225. The lowest BCUT2D eigenvalue weighted by atomic mass is 10.1. The number of aromatic nitrogens is 2. The topological polar surface area (TPSA) is 51.9 Å². The third-order valence-electron chi connectivity index (χ3n) is 4.67. The molecule has 0 aliphatic carbocycles. The lowest BCUT2D eigenvalue weighted by Gasteiger charge is -2.03. The van der Waals surface area contributed by atoms with Gasteiger partial charge in [0.25, 0.3) is 0 Å². The Morgan fingerprint density at radius 3 is 2.29 bits per heavy atom. The lowest BCUT2D eigenvalue weighted by Crippen LogP contribution is -3.00. The van der Waals surface area contributed by atoms with Crippen LogP contribution in [-0.2, 0) is 13.1 Å². The molecule has 4 aromatic rings. The second-order valence-electron chi connectivity index (χ2n) is 6.43. The first-order valence-corrected chi connectivity index (χ1v) is 9.52. The van der Waals surface area contributed by atoms with Crippen LogP contribution in [0.2, 0.25) is 0 Å². The summed E-state index contributed by atoms with van der Waals surface area (Å²) < 4.78 is 4.90. The van der Waals surface area contributed by atoms with Crippen molar-refractivity contribution < 1.29 is 26.3 Å². The number of Topliss-reactive ketones (excluding diaryl/α,β-unsaturated/α-hetero) is 1. The molecule has 0 atom stereocenters. The van der Waals surface area contributed by atoms with Crippen molar-refractivity contribution in [2.24, 2.45) is 0 Å². The van der Waals surface area contributed by atoms with Crippen LogP contribution < -0.4 is 27.3 Å². The van der Waals surface area contributed by atoms with Crippen molar-refractivity contribution in [3.8, 4) is 0 Å². The van der Waals surface area contributed by atoms with Crippen LogP contribution in [0.15, 0.2) is 83.3 Å². The van der Waals surface area contributed by atoms with E-state index in [0.717, 1.165) is 21.1 Å². The van der Waals surface area contributed by atoms with Crippen LogP contribution in [0.25, 0.3) is 11.0 Å². The molecule has 4 rings (SSSR count). The Bertz CT molecular complexity index is 1110. The summed E-state index contributed by atoms with van der Waals surface area (Å²) in [5.74, 6) is 0.604. The number of rotatable bonds is 5.